The Morgan fingerprint density at radius 3 is 1.94 bits per heavy atom. The Morgan fingerprint density at radius 2 is 1.45 bits per heavy atom. The van der Waals surface area contributed by atoms with E-state index in [-0.39, 0.29) is 24.4 Å². The van der Waals surface area contributed by atoms with Crippen molar-refractivity contribution in [2.24, 2.45) is 11.8 Å². The molecule has 0 radical (unpaired) electrons. The maximum absolute atomic E-state index is 12.8. The molecule has 0 aliphatic heterocycles. The molecule has 0 spiro atoms. The van der Waals surface area contributed by atoms with Crippen LogP contribution in [0.1, 0.15) is 51.2 Å². The molecule has 2 aromatic rings. The lowest BCUT2D eigenvalue weighted by Crippen LogP contribution is -2.54. The van der Waals surface area contributed by atoms with Crippen molar-refractivity contribution in [3.05, 3.63) is 59.7 Å². The zero-order chi connectivity index (χ0) is 24.1. The van der Waals surface area contributed by atoms with Gasteiger partial charge < -0.3 is 20.5 Å². The van der Waals surface area contributed by atoms with Crippen LogP contribution in [0.2, 0.25) is 0 Å². The molecule has 1 aliphatic rings. The summed E-state index contributed by atoms with van der Waals surface area (Å²) >= 11 is 0. The van der Waals surface area contributed by atoms with Crippen LogP contribution in [0.3, 0.4) is 0 Å². The Balaban J connectivity index is 1.65. The van der Waals surface area contributed by atoms with Crippen LogP contribution in [-0.2, 0) is 14.3 Å². The van der Waals surface area contributed by atoms with Gasteiger partial charge in [-0.15, -0.1) is 0 Å². The van der Waals surface area contributed by atoms with Crippen LogP contribution in [0.4, 0.5) is 4.79 Å². The van der Waals surface area contributed by atoms with Crippen molar-refractivity contribution in [1.82, 2.24) is 10.6 Å². The van der Waals surface area contributed by atoms with Gasteiger partial charge in [0, 0.05) is 5.92 Å². The Bertz CT molecular complexity index is 972. The van der Waals surface area contributed by atoms with Crippen molar-refractivity contribution in [3.63, 3.8) is 0 Å². The second kappa shape index (κ2) is 10.5. The first-order valence-corrected chi connectivity index (χ1v) is 11.3. The van der Waals surface area contributed by atoms with Gasteiger partial charge in [-0.1, -0.05) is 76.2 Å². The Kier molecular flexibility index (Phi) is 7.74. The van der Waals surface area contributed by atoms with Crippen LogP contribution < -0.4 is 10.6 Å². The van der Waals surface area contributed by atoms with E-state index in [2.05, 4.69) is 22.8 Å². The van der Waals surface area contributed by atoms with Gasteiger partial charge in [0.15, 0.2) is 0 Å². The zero-order valence-corrected chi connectivity index (χ0v) is 19.5. The van der Waals surface area contributed by atoms with E-state index in [9.17, 15) is 19.5 Å². The number of carboxylic acid groups (broad SMARTS) is 1. The molecule has 0 unspecified atom stereocenters. The molecule has 3 N–H and O–H groups in total. The summed E-state index contributed by atoms with van der Waals surface area (Å²) in [5, 5.41) is 14.6. The molecule has 0 fully saturated rings. The average molecular weight is 453 g/mol. The fourth-order valence-corrected chi connectivity index (χ4v) is 4.26. The van der Waals surface area contributed by atoms with Crippen LogP contribution in [0.25, 0.3) is 11.1 Å². The minimum Gasteiger partial charge on any atom is -0.480 e. The smallest absolute Gasteiger partial charge is 0.407 e. The Labute approximate surface area is 194 Å². The number of benzene rings is 2. The highest BCUT2D eigenvalue weighted by Crippen LogP contribution is 2.44. The molecule has 33 heavy (non-hydrogen) atoms. The van der Waals surface area contributed by atoms with Crippen LogP contribution in [-0.4, -0.2) is 41.8 Å². The number of carboxylic acids is 1. The molecule has 7 nitrogen and oxygen atoms in total. The number of aliphatic carboxylic acids is 1. The summed E-state index contributed by atoms with van der Waals surface area (Å²) in [6, 6.07) is 14.2. The first-order valence-electron chi connectivity index (χ1n) is 11.3. The number of nitrogens with one attached hydrogen (secondary N) is 2. The molecule has 0 heterocycles. The number of carbonyl (C=O) groups excluding carboxylic acids is 2. The van der Waals surface area contributed by atoms with Crippen molar-refractivity contribution < 1.29 is 24.2 Å². The molecule has 2 amide bonds. The Hall–Kier alpha value is -3.35. The minimum atomic E-state index is -1.10. The van der Waals surface area contributed by atoms with Crippen LogP contribution in [0.15, 0.2) is 48.5 Å². The molecule has 2 aromatic carbocycles. The molecular formula is C26H32N2O5. The molecule has 3 rings (SSSR count). The summed E-state index contributed by atoms with van der Waals surface area (Å²) in [7, 11) is 0. The third-order valence-corrected chi connectivity index (χ3v) is 5.89. The third kappa shape index (κ3) is 5.72. The van der Waals surface area contributed by atoms with Crippen LogP contribution in [0.5, 0.6) is 0 Å². The molecule has 0 bridgehead atoms. The molecule has 1 aliphatic carbocycles. The lowest BCUT2D eigenvalue weighted by atomic mass is 9.98. The lowest BCUT2D eigenvalue weighted by molar-refractivity contribution is -0.142. The van der Waals surface area contributed by atoms with Crippen molar-refractivity contribution >= 4 is 18.0 Å². The second-order valence-electron chi connectivity index (χ2n) is 9.22. The third-order valence-electron chi connectivity index (χ3n) is 5.89. The largest absolute Gasteiger partial charge is 0.480 e. The van der Waals surface area contributed by atoms with Crippen molar-refractivity contribution in [2.75, 3.05) is 6.61 Å². The number of ether oxygens (including phenoxy) is 1. The predicted octanol–water partition coefficient (Wildman–Crippen LogP) is 4.17. The van der Waals surface area contributed by atoms with Crippen LogP contribution >= 0.6 is 0 Å². The maximum Gasteiger partial charge on any atom is 0.407 e. The SMILES string of the molecule is CC(C)C[C@H](NC(=O)[C@@H](NC(=O)OCC1c2ccccc2-c2ccccc21)C(C)C)C(=O)O. The van der Waals surface area contributed by atoms with E-state index in [0.717, 1.165) is 22.3 Å². The predicted molar refractivity (Wildman–Crippen MR) is 126 cm³/mol. The fraction of sp³-hybridized carbons (Fsp3) is 0.423. The number of carbonyl (C=O) groups is 3. The summed E-state index contributed by atoms with van der Waals surface area (Å²) in [6.07, 6.45) is -0.405. The van der Waals surface area contributed by atoms with Gasteiger partial charge in [0.25, 0.3) is 0 Å². The van der Waals surface area contributed by atoms with E-state index >= 15 is 0 Å². The van der Waals surface area contributed by atoms with E-state index < -0.39 is 30.1 Å². The number of alkyl carbamates (subject to hydrolysis) is 1. The summed E-state index contributed by atoms with van der Waals surface area (Å²) in [4.78, 5) is 36.9. The van der Waals surface area contributed by atoms with Crippen molar-refractivity contribution in [3.8, 4) is 11.1 Å². The Morgan fingerprint density at radius 1 is 0.909 bits per heavy atom. The number of hydrogen-bond donors (Lipinski definition) is 3. The summed E-state index contributed by atoms with van der Waals surface area (Å²) < 4.78 is 5.54. The van der Waals surface area contributed by atoms with E-state index in [1.54, 1.807) is 13.8 Å². The first kappa shape index (κ1) is 24.3. The number of rotatable bonds is 9. The van der Waals surface area contributed by atoms with Gasteiger partial charge in [-0.3, -0.25) is 4.79 Å². The van der Waals surface area contributed by atoms with Gasteiger partial charge in [0.2, 0.25) is 5.91 Å². The average Bonchev–Trinajstić information content (AvgIpc) is 3.08. The van der Waals surface area contributed by atoms with E-state index in [0.29, 0.717) is 6.42 Å². The number of hydrogen-bond acceptors (Lipinski definition) is 4. The normalized spacial score (nSPS) is 14.4. The van der Waals surface area contributed by atoms with Gasteiger partial charge in [0.1, 0.15) is 18.7 Å². The maximum atomic E-state index is 12.8. The topological polar surface area (TPSA) is 105 Å². The van der Waals surface area contributed by atoms with Crippen LogP contribution in [0, 0.1) is 11.8 Å². The second-order valence-corrected chi connectivity index (χ2v) is 9.22. The molecule has 0 aromatic heterocycles. The molecule has 2 atom stereocenters. The van der Waals surface area contributed by atoms with Gasteiger partial charge in [-0.25, -0.2) is 9.59 Å². The van der Waals surface area contributed by atoms with E-state index in [1.165, 1.54) is 0 Å². The lowest BCUT2D eigenvalue weighted by Gasteiger charge is -2.24. The quantitative estimate of drug-likeness (QED) is 0.530. The highest BCUT2D eigenvalue weighted by atomic mass is 16.5. The van der Waals surface area contributed by atoms with Gasteiger partial charge in [-0.2, -0.15) is 0 Å². The molecule has 7 heteroatoms. The molecule has 176 valence electrons. The molecular weight excluding hydrogens is 420 g/mol. The van der Waals surface area contributed by atoms with Crippen molar-refractivity contribution in [2.45, 2.75) is 52.1 Å². The van der Waals surface area contributed by atoms with Crippen molar-refractivity contribution in [1.29, 1.82) is 0 Å². The summed E-state index contributed by atoms with van der Waals surface area (Å²) in [5.74, 6) is -1.87. The highest BCUT2D eigenvalue weighted by molar-refractivity contribution is 5.89. The fourth-order valence-electron chi connectivity index (χ4n) is 4.26. The first-order chi connectivity index (χ1) is 15.7. The zero-order valence-electron chi connectivity index (χ0n) is 19.5. The number of fused-ring (bicyclic) bond motifs is 3. The van der Waals surface area contributed by atoms with Gasteiger partial charge in [0.05, 0.1) is 0 Å². The van der Waals surface area contributed by atoms with Gasteiger partial charge >= 0.3 is 12.1 Å². The van der Waals surface area contributed by atoms with E-state index in [4.69, 9.17) is 4.74 Å². The standard InChI is InChI=1S/C26H32N2O5/c1-15(2)13-22(25(30)31)27-24(29)23(16(3)4)28-26(32)33-14-21-19-11-7-5-9-17(19)18-10-6-8-12-20(18)21/h5-12,15-16,21-23H,13-14H2,1-4H3,(H,27,29)(H,28,32)(H,30,31)/t22-,23-/m0/s1. The number of amides is 2. The minimum absolute atomic E-state index is 0.0862. The van der Waals surface area contributed by atoms with E-state index in [1.807, 2.05) is 50.2 Å². The molecule has 0 saturated heterocycles. The molecule has 0 saturated carbocycles. The monoisotopic (exact) mass is 452 g/mol. The summed E-state index contributed by atoms with van der Waals surface area (Å²) in [6.45, 7) is 7.48. The highest BCUT2D eigenvalue weighted by Gasteiger charge is 2.31. The van der Waals surface area contributed by atoms with Gasteiger partial charge in [-0.05, 0) is 40.5 Å². The summed E-state index contributed by atoms with van der Waals surface area (Å²) in [5.41, 5.74) is 4.46.